The van der Waals surface area contributed by atoms with E-state index < -0.39 is 6.10 Å². The van der Waals surface area contributed by atoms with Crippen molar-refractivity contribution in [3.63, 3.8) is 0 Å². The predicted octanol–water partition coefficient (Wildman–Crippen LogP) is 5.53. The second-order valence-electron chi connectivity index (χ2n) is 5.22. The van der Waals surface area contributed by atoms with Crippen LogP contribution in [0.2, 0.25) is 0 Å². The Morgan fingerprint density at radius 1 is 0.960 bits per heavy atom. The maximum Gasteiger partial charge on any atom is 0.169 e. The molecular weight excluding hydrogens is 363 g/mol. The molecular formula is C19H18Cl2O4. The lowest BCUT2D eigenvalue weighted by Gasteiger charge is -2.12. The SMILES string of the molecule is CC(=O)C(C)Oc1ccc(Oc2ccc(OCC=C(Cl)Cl)cc2)cc1. The number of carbonyl (C=O) groups excluding carboxylic acids is 1. The van der Waals surface area contributed by atoms with Crippen LogP contribution < -0.4 is 14.2 Å². The van der Waals surface area contributed by atoms with Crippen molar-refractivity contribution in [2.45, 2.75) is 20.0 Å². The molecule has 0 heterocycles. The zero-order valence-corrected chi connectivity index (χ0v) is 15.4. The fraction of sp³-hybridized carbons (Fsp3) is 0.211. The number of hydrogen-bond acceptors (Lipinski definition) is 4. The monoisotopic (exact) mass is 380 g/mol. The Labute approximate surface area is 156 Å². The van der Waals surface area contributed by atoms with Gasteiger partial charge in [-0.15, -0.1) is 0 Å². The molecule has 0 bridgehead atoms. The van der Waals surface area contributed by atoms with Gasteiger partial charge in [-0.25, -0.2) is 0 Å². The van der Waals surface area contributed by atoms with Crippen LogP contribution in [0.15, 0.2) is 59.1 Å². The molecule has 2 aromatic carbocycles. The van der Waals surface area contributed by atoms with Crippen LogP contribution in [0.1, 0.15) is 13.8 Å². The number of benzene rings is 2. The summed E-state index contributed by atoms with van der Waals surface area (Å²) in [5.74, 6) is 2.61. The smallest absolute Gasteiger partial charge is 0.169 e. The van der Waals surface area contributed by atoms with Crippen LogP contribution in [0.3, 0.4) is 0 Å². The third kappa shape index (κ3) is 6.69. The first-order valence-corrected chi connectivity index (χ1v) is 8.38. The van der Waals surface area contributed by atoms with Gasteiger partial charge >= 0.3 is 0 Å². The van der Waals surface area contributed by atoms with Crippen molar-refractivity contribution in [3.8, 4) is 23.0 Å². The molecule has 0 saturated heterocycles. The number of hydrogen-bond donors (Lipinski definition) is 0. The van der Waals surface area contributed by atoms with E-state index in [0.717, 1.165) is 0 Å². The van der Waals surface area contributed by atoms with Crippen molar-refractivity contribution in [1.82, 2.24) is 0 Å². The summed E-state index contributed by atoms with van der Waals surface area (Å²) in [6.07, 6.45) is 1.09. The maximum atomic E-state index is 11.2. The minimum absolute atomic E-state index is 0.0218. The molecule has 25 heavy (non-hydrogen) atoms. The number of halogens is 2. The summed E-state index contributed by atoms with van der Waals surface area (Å²) in [4.78, 5) is 11.2. The Bertz CT molecular complexity index is 720. The zero-order chi connectivity index (χ0) is 18.2. The summed E-state index contributed by atoms with van der Waals surface area (Å²) < 4.78 is 16.9. The van der Waals surface area contributed by atoms with Gasteiger partial charge in [0.1, 0.15) is 34.1 Å². The number of carbonyl (C=O) groups is 1. The average molecular weight is 381 g/mol. The highest BCUT2D eigenvalue weighted by molar-refractivity contribution is 6.55. The number of ether oxygens (including phenoxy) is 3. The third-order valence-electron chi connectivity index (χ3n) is 3.26. The van der Waals surface area contributed by atoms with Crippen LogP contribution in [0.5, 0.6) is 23.0 Å². The highest BCUT2D eigenvalue weighted by Crippen LogP contribution is 2.26. The van der Waals surface area contributed by atoms with Crippen molar-refractivity contribution in [1.29, 1.82) is 0 Å². The molecule has 0 aliphatic heterocycles. The molecule has 0 aromatic heterocycles. The van der Waals surface area contributed by atoms with Crippen LogP contribution >= 0.6 is 23.2 Å². The van der Waals surface area contributed by atoms with Gasteiger partial charge in [0.05, 0.1) is 0 Å². The summed E-state index contributed by atoms with van der Waals surface area (Å²) in [7, 11) is 0. The number of rotatable bonds is 8. The molecule has 6 heteroatoms. The summed E-state index contributed by atoms with van der Waals surface area (Å²) in [5.41, 5.74) is 0. The molecule has 0 amide bonds. The first-order valence-electron chi connectivity index (χ1n) is 7.63. The molecule has 132 valence electrons. The van der Waals surface area contributed by atoms with Crippen LogP contribution in [0.4, 0.5) is 0 Å². The van der Waals surface area contributed by atoms with Gasteiger partial charge in [-0.1, -0.05) is 23.2 Å². The van der Waals surface area contributed by atoms with Crippen LogP contribution in [0.25, 0.3) is 0 Å². The van der Waals surface area contributed by atoms with Gasteiger partial charge in [0.25, 0.3) is 0 Å². The Morgan fingerprint density at radius 3 is 1.92 bits per heavy atom. The van der Waals surface area contributed by atoms with E-state index in [-0.39, 0.29) is 10.3 Å². The van der Waals surface area contributed by atoms with Gasteiger partial charge in [0.15, 0.2) is 11.9 Å². The van der Waals surface area contributed by atoms with Crippen LogP contribution in [0, 0.1) is 0 Å². The maximum absolute atomic E-state index is 11.2. The van der Waals surface area contributed by atoms with E-state index in [1.165, 1.54) is 6.92 Å². The molecule has 1 atom stereocenters. The summed E-state index contributed by atoms with van der Waals surface area (Å²) in [6, 6.07) is 14.2. The first kappa shape index (κ1) is 19.2. The van der Waals surface area contributed by atoms with E-state index in [4.69, 9.17) is 37.4 Å². The van der Waals surface area contributed by atoms with Crippen molar-refractivity contribution >= 4 is 29.0 Å². The molecule has 4 nitrogen and oxygen atoms in total. The molecule has 2 aromatic rings. The molecule has 0 saturated carbocycles. The van der Waals surface area contributed by atoms with Crippen molar-refractivity contribution in [3.05, 3.63) is 59.1 Å². The quantitative estimate of drug-likeness (QED) is 0.603. The van der Waals surface area contributed by atoms with Gasteiger partial charge in [-0.3, -0.25) is 4.79 Å². The largest absolute Gasteiger partial charge is 0.489 e. The predicted molar refractivity (Wildman–Crippen MR) is 99.0 cm³/mol. The molecule has 2 rings (SSSR count). The Hall–Kier alpha value is -2.17. The fourth-order valence-corrected chi connectivity index (χ4v) is 1.94. The van der Waals surface area contributed by atoms with Crippen molar-refractivity contribution < 1.29 is 19.0 Å². The molecule has 1 unspecified atom stereocenters. The lowest BCUT2D eigenvalue weighted by molar-refractivity contribution is -0.122. The molecule has 0 radical (unpaired) electrons. The van der Waals surface area contributed by atoms with Crippen molar-refractivity contribution in [2.75, 3.05) is 6.61 Å². The summed E-state index contributed by atoms with van der Waals surface area (Å²) in [5, 5.41) is 0. The second-order valence-corrected chi connectivity index (χ2v) is 6.23. The second kappa shape index (κ2) is 9.35. The number of ketones is 1. The first-order chi connectivity index (χ1) is 11.9. The Balaban J connectivity index is 1.91. The fourth-order valence-electron chi connectivity index (χ4n) is 1.81. The minimum atomic E-state index is -0.470. The lowest BCUT2D eigenvalue weighted by atomic mass is 10.2. The average Bonchev–Trinajstić information content (AvgIpc) is 2.58. The van der Waals surface area contributed by atoms with E-state index >= 15 is 0 Å². The minimum Gasteiger partial charge on any atom is -0.489 e. The Kier molecular flexibility index (Phi) is 7.16. The molecule has 0 fully saturated rings. The van der Waals surface area contributed by atoms with Gasteiger partial charge in [-0.2, -0.15) is 0 Å². The van der Waals surface area contributed by atoms with E-state index in [1.807, 2.05) is 0 Å². The Morgan fingerprint density at radius 2 is 1.44 bits per heavy atom. The van der Waals surface area contributed by atoms with Gasteiger partial charge in [-0.05, 0) is 68.5 Å². The van der Waals surface area contributed by atoms with Crippen LogP contribution in [-0.2, 0) is 4.79 Å². The summed E-state index contributed by atoms with van der Waals surface area (Å²) in [6.45, 7) is 3.51. The molecule has 0 aliphatic rings. The lowest BCUT2D eigenvalue weighted by Crippen LogP contribution is -2.20. The van der Waals surface area contributed by atoms with E-state index in [2.05, 4.69) is 0 Å². The van der Waals surface area contributed by atoms with Gasteiger partial charge in [0.2, 0.25) is 0 Å². The number of Topliss-reactive ketones (excluding diaryl/α,β-unsaturated/α-hetero) is 1. The van der Waals surface area contributed by atoms with Gasteiger partial charge < -0.3 is 14.2 Å². The zero-order valence-electron chi connectivity index (χ0n) is 13.9. The van der Waals surface area contributed by atoms with E-state index in [0.29, 0.717) is 29.6 Å². The molecule has 0 N–H and O–H groups in total. The topological polar surface area (TPSA) is 44.8 Å². The molecule has 0 spiro atoms. The highest BCUT2D eigenvalue weighted by Gasteiger charge is 2.09. The molecule has 0 aliphatic carbocycles. The van der Waals surface area contributed by atoms with Gasteiger partial charge in [0, 0.05) is 0 Å². The third-order valence-corrected chi connectivity index (χ3v) is 3.56. The van der Waals surface area contributed by atoms with E-state index in [9.17, 15) is 4.79 Å². The van der Waals surface area contributed by atoms with E-state index in [1.54, 1.807) is 61.5 Å². The normalized spacial score (nSPS) is 11.4. The van der Waals surface area contributed by atoms with Crippen LogP contribution in [-0.4, -0.2) is 18.5 Å². The standard InChI is InChI=1S/C19H18Cl2O4/c1-13(22)14(2)24-16-7-9-18(10-8-16)25-17-5-3-15(4-6-17)23-12-11-19(20)21/h3-11,14H,12H2,1-2H3. The van der Waals surface area contributed by atoms with Crippen molar-refractivity contribution in [2.24, 2.45) is 0 Å². The highest BCUT2D eigenvalue weighted by atomic mass is 35.5. The summed E-state index contributed by atoms with van der Waals surface area (Å²) >= 11 is 11.0.